The summed E-state index contributed by atoms with van der Waals surface area (Å²) < 4.78 is 0. The van der Waals surface area contributed by atoms with Crippen LogP contribution >= 0.6 is 0 Å². The Hall–Kier alpha value is -1.47. The van der Waals surface area contributed by atoms with Gasteiger partial charge in [0, 0.05) is 20.6 Å². The highest BCUT2D eigenvalue weighted by Gasteiger charge is 2.21. The minimum atomic E-state index is 0.0676. The molecule has 1 aromatic heterocycles. The summed E-state index contributed by atoms with van der Waals surface area (Å²) >= 11 is 0. The van der Waals surface area contributed by atoms with Gasteiger partial charge in [-0.3, -0.25) is 4.90 Å². The molecule has 0 fully saturated rings. The van der Waals surface area contributed by atoms with E-state index < -0.39 is 0 Å². The normalized spacial score (nSPS) is 12.0. The molecule has 0 aromatic carbocycles. The second kappa shape index (κ2) is 7.51. The standard InChI is InChI=1S/C14H29N7/c1-6-7-21(10-14(2,3)9-15)8-11-17-12(16)19-13(18-11)20(4)5/h6-10,15H2,1-5H3,(H2,16,17,18,19). The van der Waals surface area contributed by atoms with Crippen LogP contribution in [0.5, 0.6) is 0 Å². The van der Waals surface area contributed by atoms with Crippen LogP contribution in [0.3, 0.4) is 0 Å². The molecule has 1 rings (SSSR count). The Morgan fingerprint density at radius 3 is 2.33 bits per heavy atom. The highest BCUT2D eigenvalue weighted by molar-refractivity contribution is 5.32. The van der Waals surface area contributed by atoms with Gasteiger partial charge < -0.3 is 16.4 Å². The topological polar surface area (TPSA) is 97.2 Å². The Bertz CT molecular complexity index is 445. The predicted octanol–water partition coefficient (Wildman–Crippen LogP) is 0.717. The Balaban J connectivity index is 2.88. The number of hydrogen-bond donors (Lipinski definition) is 2. The van der Waals surface area contributed by atoms with Crippen LogP contribution in [-0.4, -0.2) is 53.6 Å². The van der Waals surface area contributed by atoms with Crippen LogP contribution in [0.1, 0.15) is 33.0 Å². The number of nitrogens with zero attached hydrogens (tertiary/aromatic N) is 5. The Kier molecular flexibility index (Phi) is 6.29. The van der Waals surface area contributed by atoms with Gasteiger partial charge in [0.1, 0.15) is 5.82 Å². The third-order valence-corrected chi connectivity index (χ3v) is 3.20. The predicted molar refractivity (Wildman–Crippen MR) is 87.0 cm³/mol. The maximum Gasteiger partial charge on any atom is 0.229 e. The molecule has 0 aliphatic heterocycles. The molecule has 0 aliphatic carbocycles. The van der Waals surface area contributed by atoms with Gasteiger partial charge in [0.15, 0.2) is 0 Å². The molecule has 1 heterocycles. The van der Waals surface area contributed by atoms with Gasteiger partial charge in [0.05, 0.1) is 6.54 Å². The quantitative estimate of drug-likeness (QED) is 0.729. The molecule has 1 aromatic rings. The number of aromatic nitrogens is 3. The molecule has 0 saturated carbocycles. The molecule has 0 unspecified atom stereocenters. The van der Waals surface area contributed by atoms with E-state index >= 15 is 0 Å². The summed E-state index contributed by atoms with van der Waals surface area (Å²) in [6.45, 7) is 9.69. The lowest BCUT2D eigenvalue weighted by molar-refractivity contribution is 0.172. The van der Waals surface area contributed by atoms with E-state index in [1.165, 1.54) is 0 Å². The van der Waals surface area contributed by atoms with Crippen molar-refractivity contribution in [2.75, 3.05) is 44.4 Å². The van der Waals surface area contributed by atoms with Crippen LogP contribution < -0.4 is 16.4 Å². The van der Waals surface area contributed by atoms with Gasteiger partial charge in [-0.1, -0.05) is 20.8 Å². The molecule has 7 nitrogen and oxygen atoms in total. The molecule has 21 heavy (non-hydrogen) atoms. The van der Waals surface area contributed by atoms with E-state index in [1.54, 1.807) is 0 Å². The van der Waals surface area contributed by atoms with Gasteiger partial charge in [-0.15, -0.1) is 0 Å². The molecule has 0 amide bonds. The molecule has 0 aliphatic rings. The van der Waals surface area contributed by atoms with Gasteiger partial charge >= 0.3 is 0 Å². The van der Waals surface area contributed by atoms with E-state index in [0.29, 0.717) is 24.9 Å². The van der Waals surface area contributed by atoms with Gasteiger partial charge in [-0.25, -0.2) is 0 Å². The third kappa shape index (κ3) is 5.81. The van der Waals surface area contributed by atoms with Crippen molar-refractivity contribution >= 4 is 11.9 Å². The van der Waals surface area contributed by atoms with Gasteiger partial charge in [-0.2, -0.15) is 15.0 Å². The summed E-state index contributed by atoms with van der Waals surface area (Å²) in [6, 6.07) is 0. The summed E-state index contributed by atoms with van der Waals surface area (Å²) in [5, 5.41) is 0. The third-order valence-electron chi connectivity index (χ3n) is 3.20. The minimum Gasteiger partial charge on any atom is -0.368 e. The van der Waals surface area contributed by atoms with E-state index in [0.717, 1.165) is 19.5 Å². The zero-order valence-electron chi connectivity index (χ0n) is 13.9. The Morgan fingerprint density at radius 1 is 1.14 bits per heavy atom. The van der Waals surface area contributed by atoms with Gasteiger partial charge in [0.25, 0.3) is 0 Å². The highest BCUT2D eigenvalue weighted by Crippen LogP contribution is 2.17. The van der Waals surface area contributed by atoms with E-state index in [-0.39, 0.29) is 11.4 Å². The molecule has 4 N–H and O–H groups in total. The van der Waals surface area contributed by atoms with Crippen LogP contribution in [0, 0.1) is 5.41 Å². The number of anilines is 2. The van der Waals surface area contributed by atoms with Crippen molar-refractivity contribution in [3.63, 3.8) is 0 Å². The molecule has 0 radical (unpaired) electrons. The zero-order chi connectivity index (χ0) is 16.0. The highest BCUT2D eigenvalue weighted by atomic mass is 15.3. The monoisotopic (exact) mass is 295 g/mol. The maximum atomic E-state index is 5.84. The average Bonchev–Trinajstić information content (AvgIpc) is 2.37. The molecule has 0 atom stereocenters. The number of hydrogen-bond acceptors (Lipinski definition) is 7. The smallest absolute Gasteiger partial charge is 0.229 e. The van der Waals surface area contributed by atoms with Gasteiger partial charge in [0.2, 0.25) is 11.9 Å². The number of nitrogen functional groups attached to an aromatic ring is 1. The van der Waals surface area contributed by atoms with Crippen molar-refractivity contribution in [2.24, 2.45) is 11.1 Å². The molecular weight excluding hydrogens is 266 g/mol. The van der Waals surface area contributed by atoms with Gasteiger partial charge in [-0.05, 0) is 24.9 Å². The fraction of sp³-hybridized carbons (Fsp3) is 0.786. The lowest BCUT2D eigenvalue weighted by Gasteiger charge is -2.31. The molecule has 0 bridgehead atoms. The van der Waals surface area contributed by atoms with E-state index in [9.17, 15) is 0 Å². The maximum absolute atomic E-state index is 5.84. The van der Waals surface area contributed by atoms with E-state index in [4.69, 9.17) is 11.5 Å². The van der Waals surface area contributed by atoms with Crippen LogP contribution in [0.2, 0.25) is 0 Å². The van der Waals surface area contributed by atoms with Crippen molar-refractivity contribution < 1.29 is 0 Å². The fourth-order valence-corrected chi connectivity index (χ4v) is 2.10. The largest absolute Gasteiger partial charge is 0.368 e. The van der Waals surface area contributed by atoms with Crippen LogP contribution in [0.4, 0.5) is 11.9 Å². The minimum absolute atomic E-state index is 0.0676. The Labute approximate surface area is 127 Å². The van der Waals surface area contributed by atoms with Crippen LogP contribution in [-0.2, 0) is 6.54 Å². The first-order valence-electron chi connectivity index (χ1n) is 7.37. The summed E-state index contributed by atoms with van der Waals surface area (Å²) in [6.07, 6.45) is 1.07. The molecule has 120 valence electrons. The molecule has 7 heteroatoms. The molecule has 0 saturated heterocycles. The lowest BCUT2D eigenvalue weighted by Crippen LogP contribution is -2.39. The summed E-state index contributed by atoms with van der Waals surface area (Å²) in [4.78, 5) is 17.0. The molecule has 0 spiro atoms. The van der Waals surface area contributed by atoms with Crippen molar-refractivity contribution in [2.45, 2.75) is 33.7 Å². The van der Waals surface area contributed by atoms with Crippen LogP contribution in [0.15, 0.2) is 0 Å². The summed E-state index contributed by atoms with van der Waals surface area (Å²) in [5.41, 5.74) is 11.7. The fourth-order valence-electron chi connectivity index (χ4n) is 2.10. The lowest BCUT2D eigenvalue weighted by atomic mass is 9.93. The Morgan fingerprint density at radius 2 is 1.81 bits per heavy atom. The van der Waals surface area contributed by atoms with Crippen molar-refractivity contribution in [1.29, 1.82) is 0 Å². The van der Waals surface area contributed by atoms with Crippen molar-refractivity contribution in [3.05, 3.63) is 5.82 Å². The molecular formula is C14H29N7. The van der Waals surface area contributed by atoms with Crippen molar-refractivity contribution in [3.8, 4) is 0 Å². The second-order valence-electron chi connectivity index (χ2n) is 6.38. The number of rotatable bonds is 8. The first-order valence-corrected chi connectivity index (χ1v) is 7.37. The SMILES string of the molecule is CCCN(Cc1nc(N)nc(N(C)C)n1)CC(C)(C)CN. The van der Waals surface area contributed by atoms with E-state index in [2.05, 4.69) is 40.6 Å². The summed E-state index contributed by atoms with van der Waals surface area (Å²) in [5.74, 6) is 1.55. The second-order valence-corrected chi connectivity index (χ2v) is 6.38. The first kappa shape index (κ1) is 17.6. The van der Waals surface area contributed by atoms with Crippen LogP contribution in [0.25, 0.3) is 0 Å². The zero-order valence-corrected chi connectivity index (χ0v) is 13.9. The summed E-state index contributed by atoms with van der Waals surface area (Å²) in [7, 11) is 3.78. The number of nitrogens with two attached hydrogens (primary N) is 2. The van der Waals surface area contributed by atoms with Crippen molar-refractivity contribution in [1.82, 2.24) is 19.9 Å². The first-order chi connectivity index (χ1) is 9.77. The average molecular weight is 295 g/mol. The van der Waals surface area contributed by atoms with E-state index in [1.807, 2.05) is 19.0 Å².